The lowest BCUT2D eigenvalue weighted by molar-refractivity contribution is -0.937. The van der Waals surface area contributed by atoms with Gasteiger partial charge in [-0.2, -0.15) is 0 Å². The number of methoxy groups -OCH3 is 1. The summed E-state index contributed by atoms with van der Waals surface area (Å²) < 4.78 is 10.9. The van der Waals surface area contributed by atoms with Crippen molar-refractivity contribution in [2.45, 2.75) is 19.9 Å². The summed E-state index contributed by atoms with van der Waals surface area (Å²) in [5.41, 5.74) is 2.57. The lowest BCUT2D eigenvalue weighted by atomic mass is 10.0. The third kappa shape index (κ3) is 3.83. The molecule has 4 rings (SSSR count). The Bertz CT molecular complexity index is 935. The first-order chi connectivity index (χ1) is 13.7. The number of aryl methyl sites for hydroxylation is 2. The molecule has 1 aromatic carbocycles. The fourth-order valence-corrected chi connectivity index (χ4v) is 4.83. The van der Waals surface area contributed by atoms with Gasteiger partial charge in [0.2, 0.25) is 0 Å². The molecule has 0 spiro atoms. The number of nitrogens with one attached hydrogen (secondary N) is 2. The number of aromatic nitrogens is 2. The molecule has 3 heterocycles. The number of benzene rings is 1. The van der Waals surface area contributed by atoms with E-state index in [1.165, 1.54) is 20.9 Å². The van der Waals surface area contributed by atoms with Crippen LogP contribution in [0.3, 0.4) is 0 Å². The molecule has 0 unspecified atom stereocenters. The van der Waals surface area contributed by atoms with Crippen LogP contribution >= 0.6 is 11.3 Å². The van der Waals surface area contributed by atoms with E-state index in [9.17, 15) is 0 Å². The van der Waals surface area contributed by atoms with Crippen LogP contribution in [0.2, 0.25) is 0 Å². The molecule has 1 atom stereocenters. The van der Waals surface area contributed by atoms with Gasteiger partial charge in [-0.1, -0.05) is 0 Å². The molecule has 7 heteroatoms. The lowest BCUT2D eigenvalue weighted by Gasteiger charge is -2.32. The van der Waals surface area contributed by atoms with Gasteiger partial charge in [-0.15, -0.1) is 11.3 Å². The van der Waals surface area contributed by atoms with Crippen molar-refractivity contribution in [1.82, 2.24) is 9.97 Å². The van der Waals surface area contributed by atoms with E-state index in [-0.39, 0.29) is 0 Å². The van der Waals surface area contributed by atoms with Gasteiger partial charge in [0.25, 0.3) is 0 Å². The van der Waals surface area contributed by atoms with Crippen LogP contribution in [0.5, 0.6) is 5.75 Å². The number of fused-ring (bicyclic) bond motifs is 1. The van der Waals surface area contributed by atoms with Crippen molar-refractivity contribution >= 4 is 27.4 Å². The third-order valence-corrected chi connectivity index (χ3v) is 6.70. The van der Waals surface area contributed by atoms with Crippen molar-refractivity contribution in [3.63, 3.8) is 0 Å². The smallest absolute Gasteiger partial charge is 0.138 e. The summed E-state index contributed by atoms with van der Waals surface area (Å²) in [7, 11) is 1.70. The summed E-state index contributed by atoms with van der Waals surface area (Å²) in [5.74, 6) is 1.81. The molecule has 3 aromatic rings. The first kappa shape index (κ1) is 19.1. The Morgan fingerprint density at radius 2 is 1.93 bits per heavy atom. The fraction of sp³-hybridized carbons (Fsp3) is 0.429. The summed E-state index contributed by atoms with van der Waals surface area (Å²) in [6, 6.07) is 8.74. The van der Waals surface area contributed by atoms with Gasteiger partial charge in [-0.3, -0.25) is 0 Å². The van der Waals surface area contributed by atoms with Crippen molar-refractivity contribution in [3.8, 4) is 5.75 Å². The van der Waals surface area contributed by atoms with E-state index in [4.69, 9.17) is 9.47 Å². The van der Waals surface area contributed by atoms with Crippen molar-refractivity contribution in [2.24, 2.45) is 0 Å². The second-order valence-corrected chi connectivity index (χ2v) is 8.37. The maximum absolute atomic E-state index is 5.58. The van der Waals surface area contributed by atoms with E-state index in [1.54, 1.807) is 24.8 Å². The second-order valence-electron chi connectivity index (χ2n) is 7.16. The summed E-state index contributed by atoms with van der Waals surface area (Å²) in [4.78, 5) is 12.9. The third-order valence-electron chi connectivity index (χ3n) is 5.58. The van der Waals surface area contributed by atoms with Crippen molar-refractivity contribution in [3.05, 3.63) is 46.6 Å². The van der Waals surface area contributed by atoms with E-state index < -0.39 is 0 Å². The van der Waals surface area contributed by atoms with E-state index in [0.29, 0.717) is 6.04 Å². The molecule has 1 fully saturated rings. The summed E-state index contributed by atoms with van der Waals surface area (Å²) in [6.07, 6.45) is 1.66. The number of quaternary nitrogens is 1. The van der Waals surface area contributed by atoms with Gasteiger partial charge in [-0.05, 0) is 43.7 Å². The molecule has 0 amide bonds. The van der Waals surface area contributed by atoms with Crippen LogP contribution in [0.25, 0.3) is 10.2 Å². The van der Waals surface area contributed by atoms with E-state index in [2.05, 4.69) is 41.3 Å². The van der Waals surface area contributed by atoms with Gasteiger partial charge in [-0.25, -0.2) is 9.97 Å². The molecule has 1 saturated heterocycles. The number of hydrogen-bond acceptors (Lipinski definition) is 6. The van der Waals surface area contributed by atoms with E-state index in [0.717, 1.165) is 54.6 Å². The predicted molar refractivity (Wildman–Crippen MR) is 113 cm³/mol. The molecule has 0 radical (unpaired) electrons. The van der Waals surface area contributed by atoms with Crippen LogP contribution in [-0.2, 0) is 4.74 Å². The Labute approximate surface area is 169 Å². The largest absolute Gasteiger partial charge is 0.497 e. The number of hydrogen-bond donors (Lipinski definition) is 2. The molecule has 28 heavy (non-hydrogen) atoms. The molecule has 0 saturated carbocycles. The zero-order chi connectivity index (χ0) is 19.5. The summed E-state index contributed by atoms with van der Waals surface area (Å²) in [6.45, 7) is 8.73. The zero-order valence-corrected chi connectivity index (χ0v) is 17.4. The Hall–Kier alpha value is -2.22. The maximum Gasteiger partial charge on any atom is 0.138 e. The fourth-order valence-electron chi connectivity index (χ4n) is 3.83. The van der Waals surface area contributed by atoms with Gasteiger partial charge in [0.15, 0.2) is 0 Å². The van der Waals surface area contributed by atoms with Crippen molar-refractivity contribution < 1.29 is 14.4 Å². The molecule has 6 nitrogen and oxygen atoms in total. The highest BCUT2D eigenvalue weighted by Gasteiger charge is 2.27. The normalized spacial score (nSPS) is 16.2. The summed E-state index contributed by atoms with van der Waals surface area (Å²) >= 11 is 1.73. The highest BCUT2D eigenvalue weighted by Crippen LogP contribution is 2.32. The van der Waals surface area contributed by atoms with Crippen LogP contribution in [0.4, 0.5) is 5.82 Å². The predicted octanol–water partition coefficient (Wildman–Crippen LogP) is 2.39. The number of morpholine rings is 1. The number of thiophene rings is 1. The number of anilines is 1. The van der Waals surface area contributed by atoms with Gasteiger partial charge in [0.05, 0.1) is 32.3 Å². The average Bonchev–Trinajstić information content (AvgIpc) is 3.04. The Morgan fingerprint density at radius 3 is 2.64 bits per heavy atom. The second kappa shape index (κ2) is 8.43. The minimum atomic E-state index is 0.319. The summed E-state index contributed by atoms with van der Waals surface area (Å²) in [5, 5.41) is 4.78. The number of rotatable bonds is 6. The van der Waals surface area contributed by atoms with Crippen molar-refractivity contribution in [1.29, 1.82) is 0 Å². The highest BCUT2D eigenvalue weighted by molar-refractivity contribution is 7.18. The van der Waals surface area contributed by atoms with E-state index in [1.807, 2.05) is 12.1 Å². The van der Waals surface area contributed by atoms with Crippen LogP contribution in [-0.4, -0.2) is 49.9 Å². The molecule has 2 N–H and O–H groups in total. The van der Waals surface area contributed by atoms with Crippen LogP contribution in [0.15, 0.2) is 30.6 Å². The Balaban J connectivity index is 1.60. The highest BCUT2D eigenvalue weighted by atomic mass is 32.1. The molecule has 1 aliphatic rings. The average molecular weight is 400 g/mol. The maximum atomic E-state index is 5.58. The lowest BCUT2D eigenvalue weighted by Crippen LogP contribution is -3.14. The molecule has 2 aromatic heterocycles. The Kier molecular flexibility index (Phi) is 5.75. The van der Waals surface area contributed by atoms with Gasteiger partial charge < -0.3 is 19.7 Å². The van der Waals surface area contributed by atoms with E-state index >= 15 is 0 Å². The van der Waals surface area contributed by atoms with Gasteiger partial charge in [0.1, 0.15) is 41.9 Å². The first-order valence-corrected chi connectivity index (χ1v) is 10.5. The van der Waals surface area contributed by atoms with Crippen molar-refractivity contribution in [2.75, 3.05) is 45.3 Å². The van der Waals surface area contributed by atoms with Gasteiger partial charge in [0, 0.05) is 10.4 Å². The van der Waals surface area contributed by atoms with Crippen LogP contribution in [0, 0.1) is 13.8 Å². The van der Waals surface area contributed by atoms with Crippen LogP contribution in [0.1, 0.15) is 22.0 Å². The molecular weight excluding hydrogens is 372 g/mol. The SMILES string of the molecule is COc1ccc([C@H](CNc2ncnc3sc(C)c(C)c23)[NH+]2CCOCC2)cc1. The quantitative estimate of drug-likeness (QED) is 0.667. The topological polar surface area (TPSA) is 60.7 Å². The molecular formula is C21H27N4O2S+. The number of nitrogens with zero attached hydrogens (tertiary/aromatic N) is 2. The minimum absolute atomic E-state index is 0.319. The molecule has 0 bridgehead atoms. The Morgan fingerprint density at radius 1 is 1.18 bits per heavy atom. The first-order valence-electron chi connectivity index (χ1n) is 9.68. The molecule has 0 aliphatic carbocycles. The van der Waals surface area contributed by atoms with Gasteiger partial charge >= 0.3 is 0 Å². The molecule has 1 aliphatic heterocycles. The minimum Gasteiger partial charge on any atom is -0.497 e. The van der Waals surface area contributed by atoms with Crippen LogP contribution < -0.4 is 15.0 Å². The zero-order valence-electron chi connectivity index (χ0n) is 16.6. The number of ether oxygens (including phenoxy) is 2. The molecule has 148 valence electrons. The standard InChI is InChI=1S/C21H26N4O2S/c1-14-15(2)28-21-19(14)20(23-13-24-21)22-12-18(25-8-10-27-11-9-25)16-4-6-17(26-3)7-5-16/h4-7,13,18H,8-12H2,1-3H3,(H,22,23,24)/p+1/t18-/m0/s1. The monoisotopic (exact) mass is 399 g/mol.